The van der Waals surface area contributed by atoms with Gasteiger partial charge in [-0.2, -0.15) is 0 Å². The second kappa shape index (κ2) is 10.5. The van der Waals surface area contributed by atoms with Crippen LogP contribution in [0.4, 0.5) is 0 Å². The molecule has 2 heterocycles. The molecule has 2 aliphatic heterocycles. The van der Waals surface area contributed by atoms with Crippen LogP contribution in [0.1, 0.15) is 23.1 Å². The second-order valence-corrected chi connectivity index (χ2v) is 7.26. The highest BCUT2D eigenvalue weighted by Crippen LogP contribution is 2.17. The van der Waals surface area contributed by atoms with Gasteiger partial charge in [0.2, 0.25) is 0 Å². The molecule has 5 nitrogen and oxygen atoms in total. The van der Waals surface area contributed by atoms with Crippen molar-refractivity contribution in [3.05, 3.63) is 34.9 Å². The van der Waals surface area contributed by atoms with E-state index >= 15 is 0 Å². The van der Waals surface area contributed by atoms with Crippen LogP contribution in [0.25, 0.3) is 0 Å². The summed E-state index contributed by atoms with van der Waals surface area (Å²) >= 11 is 0. The zero-order valence-electron chi connectivity index (χ0n) is 16.3. The van der Waals surface area contributed by atoms with Crippen molar-refractivity contribution in [2.45, 2.75) is 32.7 Å². The highest BCUT2D eigenvalue weighted by molar-refractivity contribution is 14.0. The van der Waals surface area contributed by atoms with Crippen LogP contribution in [-0.2, 0) is 11.2 Å². The number of aryl methyl sites for hydroxylation is 2. The number of likely N-dealkylation sites (tertiary alicyclic amines) is 1. The summed E-state index contributed by atoms with van der Waals surface area (Å²) in [7, 11) is 1.89. The van der Waals surface area contributed by atoms with Crippen LogP contribution in [-0.4, -0.2) is 74.8 Å². The topological polar surface area (TPSA) is 40.1 Å². The molecule has 0 bridgehead atoms. The normalized spacial score (nSPS) is 21.6. The smallest absolute Gasteiger partial charge is 0.193 e. The molecule has 2 aliphatic rings. The Balaban J connectivity index is 0.00000243. The Bertz CT molecular complexity index is 581. The first-order valence-electron chi connectivity index (χ1n) is 9.50. The quantitative estimate of drug-likeness (QED) is 0.415. The van der Waals surface area contributed by atoms with Crippen molar-refractivity contribution in [1.82, 2.24) is 15.1 Å². The van der Waals surface area contributed by atoms with Crippen LogP contribution in [0.5, 0.6) is 0 Å². The van der Waals surface area contributed by atoms with Crippen molar-refractivity contribution in [3.8, 4) is 0 Å². The number of hydrogen-bond donors (Lipinski definition) is 1. The molecule has 2 saturated heterocycles. The molecule has 1 unspecified atom stereocenters. The minimum Gasteiger partial charge on any atom is -0.379 e. The maximum atomic E-state index is 5.48. The lowest BCUT2D eigenvalue weighted by atomic mass is 10.1. The van der Waals surface area contributed by atoms with E-state index in [4.69, 9.17) is 4.74 Å². The molecule has 146 valence electrons. The molecule has 0 saturated carbocycles. The number of nitrogens with zero attached hydrogens (tertiary/aromatic N) is 3. The van der Waals surface area contributed by atoms with Gasteiger partial charge in [0.15, 0.2) is 5.96 Å². The molecule has 3 rings (SSSR count). The van der Waals surface area contributed by atoms with Gasteiger partial charge in [-0.05, 0) is 32.3 Å². The molecule has 6 heteroatoms. The Kier molecular flexibility index (Phi) is 8.63. The molecular formula is C20H33IN4O. The fraction of sp³-hybridized carbons (Fsp3) is 0.650. The van der Waals surface area contributed by atoms with E-state index < -0.39 is 0 Å². The molecule has 0 amide bonds. The largest absolute Gasteiger partial charge is 0.379 e. The fourth-order valence-corrected chi connectivity index (χ4v) is 4.04. The molecule has 26 heavy (non-hydrogen) atoms. The summed E-state index contributed by atoms with van der Waals surface area (Å²) in [5.74, 6) is 1.04. The van der Waals surface area contributed by atoms with E-state index in [1.165, 1.54) is 23.1 Å². The minimum absolute atomic E-state index is 0. The molecular weight excluding hydrogens is 439 g/mol. The molecule has 0 spiro atoms. The van der Waals surface area contributed by atoms with Crippen molar-refractivity contribution in [2.24, 2.45) is 4.99 Å². The van der Waals surface area contributed by atoms with Gasteiger partial charge in [-0.3, -0.25) is 9.89 Å². The Hall–Kier alpha value is -0.860. The van der Waals surface area contributed by atoms with Crippen molar-refractivity contribution >= 4 is 29.9 Å². The number of halogens is 1. The third-order valence-corrected chi connectivity index (χ3v) is 5.22. The number of ether oxygens (including phenoxy) is 1. The average Bonchev–Trinajstić information content (AvgIpc) is 3.08. The monoisotopic (exact) mass is 472 g/mol. The maximum Gasteiger partial charge on any atom is 0.193 e. The average molecular weight is 472 g/mol. The highest BCUT2D eigenvalue weighted by Gasteiger charge is 2.30. The predicted octanol–water partition coefficient (Wildman–Crippen LogP) is 2.45. The van der Waals surface area contributed by atoms with E-state index in [0.29, 0.717) is 6.04 Å². The van der Waals surface area contributed by atoms with Crippen LogP contribution in [0.2, 0.25) is 0 Å². The van der Waals surface area contributed by atoms with E-state index in [1.807, 2.05) is 7.05 Å². The van der Waals surface area contributed by atoms with Crippen molar-refractivity contribution in [1.29, 1.82) is 0 Å². The summed E-state index contributed by atoms with van der Waals surface area (Å²) < 4.78 is 5.48. The van der Waals surface area contributed by atoms with Crippen LogP contribution < -0.4 is 5.32 Å². The Morgan fingerprint density at radius 2 is 1.85 bits per heavy atom. The van der Waals surface area contributed by atoms with Crippen molar-refractivity contribution < 1.29 is 4.74 Å². The zero-order chi connectivity index (χ0) is 17.6. The molecule has 1 N–H and O–H groups in total. The molecule has 0 aromatic heterocycles. The number of aliphatic imine (C=N–C) groups is 1. The lowest BCUT2D eigenvalue weighted by Gasteiger charge is -2.32. The molecule has 1 atom stereocenters. The maximum absolute atomic E-state index is 5.48. The van der Waals surface area contributed by atoms with Gasteiger partial charge in [-0.25, -0.2) is 0 Å². The predicted molar refractivity (Wildman–Crippen MR) is 119 cm³/mol. The molecule has 0 aliphatic carbocycles. The Morgan fingerprint density at radius 3 is 2.50 bits per heavy atom. The number of hydrogen-bond acceptors (Lipinski definition) is 3. The van der Waals surface area contributed by atoms with Gasteiger partial charge in [-0.15, -0.1) is 24.0 Å². The van der Waals surface area contributed by atoms with E-state index in [0.717, 1.165) is 58.3 Å². The summed E-state index contributed by atoms with van der Waals surface area (Å²) in [4.78, 5) is 9.48. The molecule has 1 aromatic carbocycles. The van der Waals surface area contributed by atoms with Crippen LogP contribution in [0.3, 0.4) is 0 Å². The standard InChI is InChI=1S/C20H32N4O.HI/c1-16-12-17(2)14-18(13-16)4-6-22-20(21-3)24-7-5-19(15-24)23-8-10-25-11-9-23;/h12-14,19H,4-11,15H2,1-3H3,(H,21,22);1H. The molecule has 1 aromatic rings. The Labute approximate surface area is 175 Å². The second-order valence-electron chi connectivity index (χ2n) is 7.26. The van der Waals surface area contributed by atoms with Crippen LogP contribution in [0.15, 0.2) is 23.2 Å². The van der Waals surface area contributed by atoms with Gasteiger partial charge >= 0.3 is 0 Å². The van der Waals surface area contributed by atoms with Crippen LogP contribution in [0, 0.1) is 13.8 Å². The van der Waals surface area contributed by atoms with Crippen molar-refractivity contribution in [2.75, 3.05) is 53.0 Å². The fourth-order valence-electron chi connectivity index (χ4n) is 4.04. The lowest BCUT2D eigenvalue weighted by Crippen LogP contribution is -2.46. The first kappa shape index (κ1) is 21.4. The number of morpholine rings is 1. The van der Waals surface area contributed by atoms with Gasteiger partial charge in [-0.1, -0.05) is 29.3 Å². The van der Waals surface area contributed by atoms with Gasteiger partial charge in [0.1, 0.15) is 0 Å². The molecule has 2 fully saturated rings. The SMILES string of the molecule is CN=C(NCCc1cc(C)cc(C)c1)N1CCC(N2CCOCC2)C1.I. The van der Waals surface area contributed by atoms with Gasteiger partial charge in [0.05, 0.1) is 13.2 Å². The zero-order valence-corrected chi connectivity index (χ0v) is 18.7. The van der Waals surface area contributed by atoms with Crippen LogP contribution >= 0.6 is 24.0 Å². The van der Waals surface area contributed by atoms with E-state index in [1.54, 1.807) is 0 Å². The summed E-state index contributed by atoms with van der Waals surface area (Å²) in [5, 5.41) is 3.55. The van der Waals surface area contributed by atoms with Gasteiger partial charge < -0.3 is 15.0 Å². The summed E-state index contributed by atoms with van der Waals surface area (Å²) in [5.41, 5.74) is 4.08. The lowest BCUT2D eigenvalue weighted by molar-refractivity contribution is 0.0195. The highest BCUT2D eigenvalue weighted by atomic mass is 127. The van der Waals surface area contributed by atoms with E-state index in [-0.39, 0.29) is 24.0 Å². The third kappa shape index (κ3) is 5.82. The summed E-state index contributed by atoms with van der Waals surface area (Å²) in [6, 6.07) is 7.43. The minimum atomic E-state index is 0. The van der Waals surface area contributed by atoms with Crippen molar-refractivity contribution in [3.63, 3.8) is 0 Å². The number of rotatable bonds is 4. The first-order valence-corrected chi connectivity index (χ1v) is 9.50. The summed E-state index contributed by atoms with van der Waals surface area (Å²) in [6.07, 6.45) is 2.25. The van der Waals surface area contributed by atoms with Gasteiger partial charge in [0, 0.05) is 45.8 Å². The number of nitrogens with one attached hydrogen (secondary N) is 1. The third-order valence-electron chi connectivity index (χ3n) is 5.22. The summed E-state index contributed by atoms with van der Waals surface area (Å²) in [6.45, 7) is 11.3. The number of guanidine groups is 1. The van der Waals surface area contributed by atoms with E-state index in [9.17, 15) is 0 Å². The molecule has 0 radical (unpaired) electrons. The number of benzene rings is 1. The first-order chi connectivity index (χ1) is 12.2. The van der Waals surface area contributed by atoms with Gasteiger partial charge in [0.25, 0.3) is 0 Å². The Morgan fingerprint density at radius 1 is 1.15 bits per heavy atom. The van der Waals surface area contributed by atoms with E-state index in [2.05, 4.69) is 52.2 Å².